The van der Waals surface area contributed by atoms with Gasteiger partial charge in [0.05, 0.1) is 0 Å². The van der Waals surface area contributed by atoms with E-state index in [1.807, 2.05) is 0 Å². The van der Waals surface area contributed by atoms with Crippen molar-refractivity contribution < 1.29 is 0 Å². The Labute approximate surface area is 149 Å². The molecule has 21 heavy (non-hydrogen) atoms. The lowest BCUT2D eigenvalue weighted by Crippen LogP contribution is -2.48. The number of piperazine rings is 1. The highest BCUT2D eigenvalue weighted by atomic mass is 35.5. The Morgan fingerprint density at radius 3 is 2.05 bits per heavy atom. The van der Waals surface area contributed by atoms with Gasteiger partial charge in [-0.05, 0) is 39.5 Å². The van der Waals surface area contributed by atoms with Crippen molar-refractivity contribution in [3.8, 4) is 0 Å². The molecule has 0 bridgehead atoms. The van der Waals surface area contributed by atoms with Crippen LogP contribution in [0.2, 0.25) is 0 Å². The van der Waals surface area contributed by atoms with Crippen LogP contribution in [-0.2, 0) is 0 Å². The van der Waals surface area contributed by atoms with Crippen LogP contribution < -0.4 is 5.32 Å². The van der Waals surface area contributed by atoms with Crippen molar-refractivity contribution >= 4 is 37.2 Å². The molecule has 4 nitrogen and oxygen atoms in total. The second-order valence-corrected chi connectivity index (χ2v) is 5.74. The van der Waals surface area contributed by atoms with E-state index in [1.165, 1.54) is 71.7 Å². The van der Waals surface area contributed by atoms with Crippen molar-refractivity contribution in [1.29, 1.82) is 0 Å². The zero-order valence-corrected chi connectivity index (χ0v) is 15.9. The lowest BCUT2D eigenvalue weighted by molar-refractivity contribution is 0.116. The fourth-order valence-electron chi connectivity index (χ4n) is 3.09. The second kappa shape index (κ2) is 13.2. The van der Waals surface area contributed by atoms with Gasteiger partial charge in [-0.15, -0.1) is 37.2 Å². The maximum absolute atomic E-state index is 3.42. The van der Waals surface area contributed by atoms with Gasteiger partial charge in [-0.25, -0.2) is 0 Å². The predicted molar refractivity (Wildman–Crippen MR) is 98.8 cm³/mol. The molecule has 0 amide bonds. The summed E-state index contributed by atoms with van der Waals surface area (Å²) in [5.74, 6) is 0. The van der Waals surface area contributed by atoms with Crippen molar-refractivity contribution in [2.75, 3.05) is 66.0 Å². The molecule has 2 heterocycles. The quantitative estimate of drug-likeness (QED) is 0.800. The van der Waals surface area contributed by atoms with E-state index in [1.54, 1.807) is 0 Å². The number of likely N-dealkylation sites (tertiary alicyclic amines) is 1. The number of rotatable bonds is 5. The Morgan fingerprint density at radius 1 is 0.952 bits per heavy atom. The Hall–Kier alpha value is 0.710. The summed E-state index contributed by atoms with van der Waals surface area (Å²) in [5, 5.41) is 3.42. The third-order valence-corrected chi connectivity index (χ3v) is 4.61. The number of piperidine rings is 1. The molecular formula is C14H33Cl3N4. The van der Waals surface area contributed by atoms with E-state index >= 15 is 0 Å². The van der Waals surface area contributed by atoms with Crippen LogP contribution in [0, 0.1) is 0 Å². The van der Waals surface area contributed by atoms with Gasteiger partial charge < -0.3 is 15.1 Å². The fourth-order valence-corrected chi connectivity index (χ4v) is 3.09. The molecule has 0 aromatic rings. The van der Waals surface area contributed by atoms with Crippen molar-refractivity contribution in [1.82, 2.24) is 20.0 Å². The standard InChI is InChI=1S/C14H30N4.3ClH/c1-3-17-8-4-14(5-9-17)16(2)12-13-18-10-6-15-7-11-18;;;/h14-15H,3-13H2,1-2H3;3*1H. The second-order valence-electron chi connectivity index (χ2n) is 5.74. The number of hydrogen-bond donors (Lipinski definition) is 1. The summed E-state index contributed by atoms with van der Waals surface area (Å²) in [5.41, 5.74) is 0. The average molecular weight is 364 g/mol. The van der Waals surface area contributed by atoms with Crippen LogP contribution in [0.3, 0.4) is 0 Å². The van der Waals surface area contributed by atoms with Gasteiger partial charge in [0, 0.05) is 45.3 Å². The summed E-state index contributed by atoms with van der Waals surface area (Å²) < 4.78 is 0. The van der Waals surface area contributed by atoms with Crippen molar-refractivity contribution in [3.63, 3.8) is 0 Å². The molecule has 0 radical (unpaired) electrons. The summed E-state index contributed by atoms with van der Waals surface area (Å²) in [6.07, 6.45) is 2.71. The van der Waals surface area contributed by atoms with Crippen LogP contribution in [0.1, 0.15) is 19.8 Å². The molecule has 0 spiro atoms. The smallest absolute Gasteiger partial charge is 0.0117 e. The number of hydrogen-bond acceptors (Lipinski definition) is 4. The van der Waals surface area contributed by atoms with E-state index in [0.717, 1.165) is 6.04 Å². The van der Waals surface area contributed by atoms with Gasteiger partial charge in [-0.2, -0.15) is 0 Å². The summed E-state index contributed by atoms with van der Waals surface area (Å²) in [4.78, 5) is 7.75. The topological polar surface area (TPSA) is 21.8 Å². The molecular weight excluding hydrogens is 331 g/mol. The average Bonchev–Trinajstić information content (AvgIpc) is 2.46. The third-order valence-electron chi connectivity index (χ3n) is 4.61. The van der Waals surface area contributed by atoms with Crippen LogP contribution in [0.15, 0.2) is 0 Å². The first kappa shape index (κ1) is 24.0. The molecule has 2 rings (SSSR count). The molecule has 0 aromatic heterocycles. The van der Waals surface area contributed by atoms with E-state index in [0.29, 0.717) is 0 Å². The molecule has 0 aliphatic carbocycles. The molecule has 2 aliphatic heterocycles. The Bertz CT molecular complexity index is 232. The van der Waals surface area contributed by atoms with Gasteiger partial charge in [0.25, 0.3) is 0 Å². The molecule has 0 saturated carbocycles. The fraction of sp³-hybridized carbons (Fsp3) is 1.00. The lowest BCUT2D eigenvalue weighted by Gasteiger charge is -2.37. The molecule has 130 valence electrons. The van der Waals surface area contributed by atoms with E-state index < -0.39 is 0 Å². The molecule has 0 atom stereocenters. The molecule has 0 aromatic carbocycles. The van der Waals surface area contributed by atoms with Gasteiger partial charge in [-0.3, -0.25) is 4.90 Å². The van der Waals surface area contributed by atoms with Crippen LogP contribution in [0.5, 0.6) is 0 Å². The zero-order chi connectivity index (χ0) is 12.8. The Kier molecular flexibility index (Phi) is 15.0. The molecule has 7 heteroatoms. The van der Waals surface area contributed by atoms with Crippen LogP contribution >= 0.6 is 37.2 Å². The number of halogens is 3. The van der Waals surface area contributed by atoms with Crippen LogP contribution in [0.4, 0.5) is 0 Å². The first-order valence-corrected chi connectivity index (χ1v) is 7.65. The number of nitrogens with zero attached hydrogens (tertiary/aromatic N) is 3. The molecule has 2 fully saturated rings. The number of nitrogens with one attached hydrogen (secondary N) is 1. The monoisotopic (exact) mass is 362 g/mol. The first-order chi connectivity index (χ1) is 8.79. The third kappa shape index (κ3) is 8.21. The van der Waals surface area contributed by atoms with Crippen molar-refractivity contribution in [2.24, 2.45) is 0 Å². The van der Waals surface area contributed by atoms with E-state index in [-0.39, 0.29) is 37.2 Å². The van der Waals surface area contributed by atoms with E-state index in [9.17, 15) is 0 Å². The molecule has 2 saturated heterocycles. The summed E-state index contributed by atoms with van der Waals surface area (Å²) in [6.45, 7) is 13.3. The minimum Gasteiger partial charge on any atom is -0.314 e. The highest BCUT2D eigenvalue weighted by molar-refractivity contribution is 5.86. The highest BCUT2D eigenvalue weighted by Crippen LogP contribution is 2.14. The van der Waals surface area contributed by atoms with E-state index in [2.05, 4.69) is 34.0 Å². The van der Waals surface area contributed by atoms with E-state index in [4.69, 9.17) is 0 Å². The Morgan fingerprint density at radius 2 is 1.52 bits per heavy atom. The molecule has 0 unspecified atom stereocenters. The maximum Gasteiger partial charge on any atom is 0.0117 e. The van der Waals surface area contributed by atoms with Gasteiger partial charge in [0.15, 0.2) is 0 Å². The van der Waals surface area contributed by atoms with Gasteiger partial charge in [0.2, 0.25) is 0 Å². The van der Waals surface area contributed by atoms with Gasteiger partial charge >= 0.3 is 0 Å². The Balaban J connectivity index is 0. The van der Waals surface area contributed by atoms with Crippen LogP contribution in [-0.4, -0.2) is 86.7 Å². The highest BCUT2D eigenvalue weighted by Gasteiger charge is 2.21. The normalized spacial score (nSPS) is 21.3. The van der Waals surface area contributed by atoms with Gasteiger partial charge in [0.1, 0.15) is 0 Å². The summed E-state index contributed by atoms with van der Waals surface area (Å²) in [6, 6.07) is 0.815. The SMILES string of the molecule is CCN1CCC(N(C)CCN2CCNCC2)CC1.Cl.Cl.Cl. The molecule has 1 N–H and O–H groups in total. The van der Waals surface area contributed by atoms with Crippen LogP contribution in [0.25, 0.3) is 0 Å². The van der Waals surface area contributed by atoms with Gasteiger partial charge in [-0.1, -0.05) is 6.92 Å². The first-order valence-electron chi connectivity index (χ1n) is 7.65. The zero-order valence-electron chi connectivity index (χ0n) is 13.4. The molecule has 2 aliphatic rings. The van der Waals surface area contributed by atoms with Crippen molar-refractivity contribution in [3.05, 3.63) is 0 Å². The largest absolute Gasteiger partial charge is 0.314 e. The summed E-state index contributed by atoms with van der Waals surface area (Å²) in [7, 11) is 2.31. The predicted octanol–water partition coefficient (Wildman–Crippen LogP) is 1.57. The number of likely N-dealkylation sites (N-methyl/N-ethyl adjacent to an activating group) is 1. The maximum atomic E-state index is 3.42. The minimum absolute atomic E-state index is 0. The van der Waals surface area contributed by atoms with Crippen molar-refractivity contribution in [2.45, 2.75) is 25.8 Å². The summed E-state index contributed by atoms with van der Waals surface area (Å²) >= 11 is 0. The lowest BCUT2D eigenvalue weighted by atomic mass is 10.0. The minimum atomic E-state index is 0.